The topological polar surface area (TPSA) is 75.0 Å². The molecule has 5 nitrogen and oxygen atoms in total. The lowest BCUT2D eigenvalue weighted by atomic mass is 10.1. The van der Waals surface area contributed by atoms with Gasteiger partial charge in [0.15, 0.2) is 0 Å². The van der Waals surface area contributed by atoms with Crippen molar-refractivity contribution in [2.45, 2.75) is 18.4 Å². The predicted molar refractivity (Wildman–Crippen MR) is 108 cm³/mol. The van der Waals surface area contributed by atoms with Gasteiger partial charge in [-0.2, -0.15) is 5.26 Å². The number of aromatic nitrogens is 1. The monoisotopic (exact) mass is 377 g/mol. The molecular formula is C21H19N3O2S. The van der Waals surface area contributed by atoms with Crippen LogP contribution in [0.5, 0.6) is 5.75 Å². The summed E-state index contributed by atoms with van der Waals surface area (Å²) in [6, 6.07) is 17.2. The molecule has 136 valence electrons. The number of carbonyl (C=O) groups is 1. The highest BCUT2D eigenvalue weighted by molar-refractivity contribution is 8.00. The number of benzene rings is 2. The molecule has 3 rings (SSSR count). The zero-order chi connectivity index (χ0) is 19.2. The summed E-state index contributed by atoms with van der Waals surface area (Å²) in [5, 5.41) is 13.8. The molecular weight excluding hydrogens is 358 g/mol. The number of hydrogen-bond acceptors (Lipinski definition) is 5. The lowest BCUT2D eigenvalue weighted by Gasteiger charge is -2.08. The SMILES string of the molecule is CCc1ccc2nc(SCC(=O)Nc3cccc(OC)c3)c(C#N)cc2c1. The molecule has 0 bridgehead atoms. The van der Waals surface area contributed by atoms with Crippen LogP contribution in [-0.2, 0) is 11.2 Å². The van der Waals surface area contributed by atoms with Gasteiger partial charge in [-0.15, -0.1) is 0 Å². The number of amides is 1. The largest absolute Gasteiger partial charge is 0.497 e. The number of anilines is 1. The highest BCUT2D eigenvalue weighted by Crippen LogP contribution is 2.26. The lowest BCUT2D eigenvalue weighted by molar-refractivity contribution is -0.113. The molecule has 0 saturated carbocycles. The van der Waals surface area contributed by atoms with Crippen LogP contribution in [0.15, 0.2) is 53.6 Å². The molecule has 0 aliphatic carbocycles. The zero-order valence-corrected chi connectivity index (χ0v) is 16.0. The molecule has 27 heavy (non-hydrogen) atoms. The van der Waals surface area contributed by atoms with Crippen molar-refractivity contribution in [1.29, 1.82) is 5.26 Å². The molecule has 0 unspecified atom stereocenters. The Morgan fingerprint density at radius 1 is 1.26 bits per heavy atom. The fourth-order valence-electron chi connectivity index (χ4n) is 2.65. The zero-order valence-electron chi connectivity index (χ0n) is 15.2. The summed E-state index contributed by atoms with van der Waals surface area (Å²) in [4.78, 5) is 16.8. The summed E-state index contributed by atoms with van der Waals surface area (Å²) in [5.74, 6) is 0.674. The Labute approximate surface area is 162 Å². The number of nitrogens with zero attached hydrogens (tertiary/aromatic N) is 2. The number of thioether (sulfide) groups is 1. The molecule has 3 aromatic rings. The maximum atomic E-state index is 12.2. The van der Waals surface area contributed by atoms with Crippen molar-refractivity contribution >= 4 is 34.3 Å². The number of aryl methyl sites for hydroxylation is 1. The molecule has 0 saturated heterocycles. The highest BCUT2D eigenvalue weighted by Gasteiger charge is 2.11. The van der Waals surface area contributed by atoms with Gasteiger partial charge >= 0.3 is 0 Å². The minimum atomic E-state index is -0.166. The standard InChI is InChI=1S/C21H19N3O2S/c1-3-14-7-8-19-15(9-14)10-16(12-22)21(24-19)27-13-20(25)23-17-5-4-6-18(11-17)26-2/h4-11H,3,13H2,1-2H3,(H,23,25). The lowest BCUT2D eigenvalue weighted by Crippen LogP contribution is -2.14. The van der Waals surface area contributed by atoms with Gasteiger partial charge in [0.05, 0.1) is 23.9 Å². The van der Waals surface area contributed by atoms with Crippen LogP contribution in [0.4, 0.5) is 5.69 Å². The summed E-state index contributed by atoms with van der Waals surface area (Å²) in [7, 11) is 1.58. The van der Waals surface area contributed by atoms with Gasteiger partial charge in [0.2, 0.25) is 5.91 Å². The summed E-state index contributed by atoms with van der Waals surface area (Å²) >= 11 is 1.26. The minimum absolute atomic E-state index is 0.164. The van der Waals surface area contributed by atoms with Crippen molar-refractivity contribution in [3.8, 4) is 11.8 Å². The van der Waals surface area contributed by atoms with Crippen LogP contribution in [0.2, 0.25) is 0 Å². The van der Waals surface area contributed by atoms with E-state index in [0.717, 1.165) is 17.3 Å². The fourth-order valence-corrected chi connectivity index (χ4v) is 3.41. The van der Waals surface area contributed by atoms with E-state index in [0.29, 0.717) is 22.0 Å². The second-order valence-electron chi connectivity index (χ2n) is 5.90. The molecule has 0 radical (unpaired) electrons. The van der Waals surface area contributed by atoms with E-state index in [1.54, 1.807) is 19.2 Å². The summed E-state index contributed by atoms with van der Waals surface area (Å²) in [6.07, 6.45) is 0.929. The summed E-state index contributed by atoms with van der Waals surface area (Å²) in [6.45, 7) is 2.09. The van der Waals surface area contributed by atoms with E-state index in [4.69, 9.17) is 4.74 Å². The first-order chi connectivity index (χ1) is 13.1. The molecule has 2 aromatic carbocycles. The van der Waals surface area contributed by atoms with Crippen molar-refractivity contribution in [2.75, 3.05) is 18.2 Å². The Balaban J connectivity index is 1.73. The normalized spacial score (nSPS) is 10.4. The number of pyridine rings is 1. The molecule has 1 amide bonds. The van der Waals surface area contributed by atoms with E-state index in [2.05, 4.69) is 23.3 Å². The van der Waals surface area contributed by atoms with Crippen molar-refractivity contribution in [3.05, 3.63) is 59.7 Å². The Morgan fingerprint density at radius 2 is 2.11 bits per heavy atom. The van der Waals surface area contributed by atoms with E-state index in [-0.39, 0.29) is 11.7 Å². The molecule has 0 fully saturated rings. The number of fused-ring (bicyclic) bond motifs is 1. The third-order valence-corrected chi connectivity index (χ3v) is 5.06. The molecule has 1 heterocycles. The van der Waals surface area contributed by atoms with Crippen LogP contribution >= 0.6 is 11.8 Å². The fraction of sp³-hybridized carbons (Fsp3) is 0.190. The molecule has 0 aliphatic rings. The molecule has 0 spiro atoms. The average Bonchev–Trinajstić information content (AvgIpc) is 2.71. The highest BCUT2D eigenvalue weighted by atomic mass is 32.2. The Hall–Kier alpha value is -3.04. The third kappa shape index (κ3) is 4.57. The third-order valence-electron chi connectivity index (χ3n) is 4.07. The second kappa shape index (κ2) is 8.56. The van der Waals surface area contributed by atoms with E-state index < -0.39 is 0 Å². The molecule has 1 aromatic heterocycles. The average molecular weight is 377 g/mol. The van der Waals surface area contributed by atoms with Crippen LogP contribution in [0, 0.1) is 11.3 Å². The quantitative estimate of drug-likeness (QED) is 0.644. The van der Waals surface area contributed by atoms with E-state index in [1.807, 2.05) is 36.4 Å². The van der Waals surface area contributed by atoms with E-state index >= 15 is 0 Å². The summed E-state index contributed by atoms with van der Waals surface area (Å²) in [5.41, 5.74) is 3.17. The van der Waals surface area contributed by atoms with Gasteiger partial charge in [-0.3, -0.25) is 4.79 Å². The maximum Gasteiger partial charge on any atom is 0.234 e. The van der Waals surface area contributed by atoms with Crippen molar-refractivity contribution in [1.82, 2.24) is 4.98 Å². The van der Waals surface area contributed by atoms with Crippen molar-refractivity contribution < 1.29 is 9.53 Å². The number of hydrogen-bond donors (Lipinski definition) is 1. The Morgan fingerprint density at radius 3 is 2.85 bits per heavy atom. The van der Waals surface area contributed by atoms with Crippen molar-refractivity contribution in [2.24, 2.45) is 0 Å². The van der Waals surface area contributed by atoms with E-state index in [1.165, 1.54) is 17.3 Å². The van der Waals surface area contributed by atoms with Crippen LogP contribution in [-0.4, -0.2) is 23.8 Å². The Kier molecular flexibility index (Phi) is 5.94. The maximum absolute atomic E-state index is 12.2. The minimum Gasteiger partial charge on any atom is -0.497 e. The summed E-state index contributed by atoms with van der Waals surface area (Å²) < 4.78 is 5.15. The van der Waals surface area contributed by atoms with E-state index in [9.17, 15) is 10.1 Å². The van der Waals surface area contributed by atoms with Gasteiger partial charge in [-0.1, -0.05) is 30.8 Å². The van der Waals surface area contributed by atoms with Gasteiger partial charge in [0.1, 0.15) is 16.8 Å². The molecule has 0 atom stereocenters. The Bertz CT molecular complexity index is 1030. The van der Waals surface area contributed by atoms with Gasteiger partial charge in [0, 0.05) is 17.1 Å². The van der Waals surface area contributed by atoms with Gasteiger partial charge in [-0.25, -0.2) is 4.98 Å². The van der Waals surface area contributed by atoms with Gasteiger partial charge in [0.25, 0.3) is 0 Å². The van der Waals surface area contributed by atoms with Gasteiger partial charge in [-0.05, 0) is 42.3 Å². The number of nitriles is 1. The first kappa shape index (κ1) is 18.7. The number of rotatable bonds is 6. The molecule has 6 heteroatoms. The first-order valence-electron chi connectivity index (χ1n) is 8.53. The number of nitrogens with one attached hydrogen (secondary N) is 1. The number of carbonyl (C=O) groups excluding carboxylic acids is 1. The smallest absolute Gasteiger partial charge is 0.234 e. The molecule has 0 aliphatic heterocycles. The second-order valence-corrected chi connectivity index (χ2v) is 6.87. The van der Waals surface area contributed by atoms with Crippen LogP contribution in [0.3, 0.4) is 0 Å². The number of methoxy groups -OCH3 is 1. The molecule has 1 N–H and O–H groups in total. The first-order valence-corrected chi connectivity index (χ1v) is 9.52. The van der Waals surface area contributed by atoms with Gasteiger partial charge < -0.3 is 10.1 Å². The van der Waals surface area contributed by atoms with Crippen LogP contribution < -0.4 is 10.1 Å². The van der Waals surface area contributed by atoms with Crippen LogP contribution in [0.25, 0.3) is 10.9 Å². The van der Waals surface area contributed by atoms with Crippen molar-refractivity contribution in [3.63, 3.8) is 0 Å². The van der Waals surface area contributed by atoms with Crippen LogP contribution in [0.1, 0.15) is 18.1 Å². The number of ether oxygens (including phenoxy) is 1. The predicted octanol–water partition coefficient (Wildman–Crippen LogP) is 4.41.